The van der Waals surface area contributed by atoms with E-state index in [1.807, 2.05) is 6.07 Å². The minimum Gasteiger partial charge on any atom is -0.299 e. The van der Waals surface area contributed by atoms with Crippen LogP contribution in [0.25, 0.3) is 10.8 Å². The molecular weight excluding hydrogens is 316 g/mol. The van der Waals surface area contributed by atoms with Gasteiger partial charge in [-0.05, 0) is 72.4 Å². The van der Waals surface area contributed by atoms with Crippen LogP contribution in [0, 0.1) is 17.3 Å². The summed E-state index contributed by atoms with van der Waals surface area (Å²) >= 11 is 6.41. The Labute approximate surface area is 148 Å². The summed E-state index contributed by atoms with van der Waals surface area (Å²) < 4.78 is 0. The Hall–Kier alpha value is -1.34. The number of ketones is 1. The van der Waals surface area contributed by atoms with Crippen molar-refractivity contribution in [1.82, 2.24) is 0 Å². The number of hydrogen-bond donors (Lipinski definition) is 0. The summed E-state index contributed by atoms with van der Waals surface area (Å²) in [6.45, 7) is 2.25. The molecule has 0 bridgehead atoms. The third-order valence-electron chi connectivity index (χ3n) is 7.43. The second-order valence-electron chi connectivity index (χ2n) is 8.30. The van der Waals surface area contributed by atoms with Gasteiger partial charge in [0.15, 0.2) is 0 Å². The van der Waals surface area contributed by atoms with Crippen LogP contribution in [-0.4, -0.2) is 5.78 Å². The van der Waals surface area contributed by atoms with Crippen molar-refractivity contribution in [2.75, 3.05) is 0 Å². The smallest absolute Gasteiger partial charge is 0.139 e. The first kappa shape index (κ1) is 15.0. The monoisotopic (exact) mass is 338 g/mol. The molecule has 3 aliphatic carbocycles. The quantitative estimate of drug-likeness (QED) is 0.582. The zero-order valence-electron chi connectivity index (χ0n) is 14.1. The maximum Gasteiger partial charge on any atom is 0.139 e. The molecule has 0 unspecified atom stereocenters. The second kappa shape index (κ2) is 5.08. The van der Waals surface area contributed by atoms with Crippen molar-refractivity contribution < 1.29 is 4.79 Å². The number of halogens is 1. The Bertz CT molecular complexity index is 854. The maximum atomic E-state index is 12.4. The normalized spacial score (nSPS) is 34.8. The lowest BCUT2D eigenvalue weighted by Gasteiger charge is -2.48. The standard InChI is InChI=1S/C22H23ClO/c1-22-12-11-16-15-6-8-18-13(3-2-4-20(18)23)14(15)5-7-17(16)19(22)9-10-21(22)24/h2-4,6,8,16-17,19H,5,7,9-12H2,1H3/t16-,17-,19+,22+/m1/s1. The molecule has 0 amide bonds. The van der Waals surface area contributed by atoms with Crippen molar-refractivity contribution in [2.45, 2.75) is 51.4 Å². The molecule has 3 aliphatic rings. The molecule has 1 nitrogen and oxygen atoms in total. The number of aryl methyl sites for hydroxylation is 1. The predicted molar refractivity (Wildman–Crippen MR) is 98.6 cm³/mol. The topological polar surface area (TPSA) is 17.1 Å². The van der Waals surface area contributed by atoms with E-state index < -0.39 is 0 Å². The van der Waals surface area contributed by atoms with Gasteiger partial charge in [0, 0.05) is 22.2 Å². The van der Waals surface area contributed by atoms with Crippen LogP contribution in [0.3, 0.4) is 0 Å². The predicted octanol–water partition coefficient (Wildman–Crippen LogP) is 5.92. The summed E-state index contributed by atoms with van der Waals surface area (Å²) in [4.78, 5) is 12.4. The summed E-state index contributed by atoms with van der Waals surface area (Å²) in [6, 6.07) is 10.8. The number of benzene rings is 2. The summed E-state index contributed by atoms with van der Waals surface area (Å²) in [5, 5.41) is 3.39. The lowest BCUT2D eigenvalue weighted by atomic mass is 9.55. The molecule has 0 aliphatic heterocycles. The van der Waals surface area contributed by atoms with Crippen molar-refractivity contribution in [3.05, 3.63) is 46.5 Å². The van der Waals surface area contributed by atoms with Crippen LogP contribution >= 0.6 is 11.6 Å². The zero-order valence-corrected chi connectivity index (χ0v) is 14.9. The molecule has 2 heteroatoms. The van der Waals surface area contributed by atoms with Gasteiger partial charge in [-0.2, -0.15) is 0 Å². The lowest BCUT2D eigenvalue weighted by Crippen LogP contribution is -2.42. The summed E-state index contributed by atoms with van der Waals surface area (Å²) in [6.07, 6.45) is 6.54. The highest BCUT2D eigenvalue weighted by Gasteiger charge is 2.54. The number of rotatable bonds is 0. The number of Topliss-reactive ketones (excluding diaryl/α,β-unsaturated/α-hetero) is 1. The van der Waals surface area contributed by atoms with Crippen molar-refractivity contribution >= 4 is 28.2 Å². The molecule has 4 atom stereocenters. The van der Waals surface area contributed by atoms with E-state index in [1.165, 1.54) is 29.2 Å². The molecule has 2 saturated carbocycles. The first-order chi connectivity index (χ1) is 11.6. The molecule has 24 heavy (non-hydrogen) atoms. The van der Waals surface area contributed by atoms with E-state index in [9.17, 15) is 4.79 Å². The van der Waals surface area contributed by atoms with E-state index >= 15 is 0 Å². The van der Waals surface area contributed by atoms with Gasteiger partial charge in [0.1, 0.15) is 5.78 Å². The number of carbonyl (C=O) groups excluding carboxylic acids is 1. The first-order valence-corrected chi connectivity index (χ1v) is 9.71. The third kappa shape index (κ3) is 1.85. The van der Waals surface area contributed by atoms with Crippen molar-refractivity contribution in [2.24, 2.45) is 17.3 Å². The first-order valence-electron chi connectivity index (χ1n) is 9.33. The molecule has 5 rings (SSSR count). The van der Waals surface area contributed by atoms with Gasteiger partial charge in [0.2, 0.25) is 0 Å². The van der Waals surface area contributed by atoms with Gasteiger partial charge in [-0.25, -0.2) is 0 Å². The maximum absolute atomic E-state index is 12.4. The highest BCUT2D eigenvalue weighted by molar-refractivity contribution is 6.35. The van der Waals surface area contributed by atoms with E-state index in [0.29, 0.717) is 23.5 Å². The van der Waals surface area contributed by atoms with Crippen LogP contribution in [0.5, 0.6) is 0 Å². The van der Waals surface area contributed by atoms with E-state index in [-0.39, 0.29) is 5.41 Å². The summed E-state index contributed by atoms with van der Waals surface area (Å²) in [5.41, 5.74) is 3.03. The Balaban J connectivity index is 1.62. The number of hydrogen-bond acceptors (Lipinski definition) is 1. The van der Waals surface area contributed by atoms with Gasteiger partial charge in [-0.15, -0.1) is 0 Å². The van der Waals surface area contributed by atoms with Gasteiger partial charge in [-0.3, -0.25) is 4.79 Å². The highest BCUT2D eigenvalue weighted by Crippen LogP contribution is 2.59. The minimum atomic E-state index is -0.0289. The van der Waals surface area contributed by atoms with Crippen LogP contribution in [-0.2, 0) is 11.2 Å². The van der Waals surface area contributed by atoms with E-state index in [1.54, 1.807) is 5.56 Å². The average molecular weight is 339 g/mol. The largest absolute Gasteiger partial charge is 0.299 e. The molecule has 2 fully saturated rings. The van der Waals surface area contributed by atoms with Crippen LogP contribution in [0.1, 0.15) is 56.1 Å². The molecule has 0 saturated heterocycles. The SMILES string of the molecule is C[C@]12CC[C@@H]3c4ccc5c(Cl)cccc5c4CC[C@H]3[C@@H]1CCC2=O. The van der Waals surface area contributed by atoms with E-state index in [4.69, 9.17) is 11.6 Å². The fraction of sp³-hybridized carbons (Fsp3) is 0.500. The fourth-order valence-corrected chi connectivity index (χ4v) is 6.42. The Morgan fingerprint density at radius 1 is 1.04 bits per heavy atom. The van der Waals surface area contributed by atoms with Gasteiger partial charge in [0.05, 0.1) is 0 Å². The Kier molecular flexibility index (Phi) is 3.17. The molecule has 0 aromatic heterocycles. The molecule has 2 aromatic rings. The highest BCUT2D eigenvalue weighted by atomic mass is 35.5. The molecule has 0 radical (unpaired) electrons. The fourth-order valence-electron chi connectivity index (χ4n) is 6.18. The van der Waals surface area contributed by atoms with Crippen molar-refractivity contribution in [3.63, 3.8) is 0 Å². The van der Waals surface area contributed by atoms with Gasteiger partial charge >= 0.3 is 0 Å². The van der Waals surface area contributed by atoms with Crippen LogP contribution in [0.4, 0.5) is 0 Å². The van der Waals surface area contributed by atoms with Gasteiger partial charge in [-0.1, -0.05) is 42.8 Å². The number of carbonyl (C=O) groups is 1. The van der Waals surface area contributed by atoms with Gasteiger partial charge in [0.25, 0.3) is 0 Å². The molecule has 0 heterocycles. The minimum absolute atomic E-state index is 0.0289. The van der Waals surface area contributed by atoms with Crippen LogP contribution in [0.2, 0.25) is 5.02 Å². The average Bonchev–Trinajstić information content (AvgIpc) is 2.90. The van der Waals surface area contributed by atoms with Crippen LogP contribution < -0.4 is 0 Å². The van der Waals surface area contributed by atoms with Gasteiger partial charge < -0.3 is 0 Å². The summed E-state index contributed by atoms with van der Waals surface area (Å²) in [5.74, 6) is 2.47. The zero-order chi connectivity index (χ0) is 16.5. The third-order valence-corrected chi connectivity index (χ3v) is 7.76. The number of fused-ring (bicyclic) bond motifs is 7. The van der Waals surface area contributed by atoms with Crippen LogP contribution in [0.15, 0.2) is 30.3 Å². The van der Waals surface area contributed by atoms with E-state index in [0.717, 1.165) is 30.7 Å². The molecule has 124 valence electrons. The Morgan fingerprint density at radius 2 is 1.92 bits per heavy atom. The second-order valence-corrected chi connectivity index (χ2v) is 8.71. The van der Waals surface area contributed by atoms with E-state index in [2.05, 4.69) is 31.2 Å². The van der Waals surface area contributed by atoms with Crippen molar-refractivity contribution in [1.29, 1.82) is 0 Å². The molecule has 2 aromatic carbocycles. The van der Waals surface area contributed by atoms with Crippen molar-refractivity contribution in [3.8, 4) is 0 Å². The lowest BCUT2D eigenvalue weighted by molar-refractivity contribution is -0.129. The molecule has 0 spiro atoms. The Morgan fingerprint density at radius 3 is 2.79 bits per heavy atom. The molecular formula is C22H23ClO. The molecule has 0 N–H and O–H groups in total. The summed E-state index contributed by atoms with van der Waals surface area (Å²) in [7, 11) is 0.